The molecule has 106 valence electrons. The van der Waals surface area contributed by atoms with Gasteiger partial charge in [0.05, 0.1) is 7.11 Å². The van der Waals surface area contributed by atoms with Crippen LogP contribution in [0, 0.1) is 5.92 Å². The lowest BCUT2D eigenvalue weighted by Gasteiger charge is -2.28. The number of hydrogen-bond acceptors (Lipinski definition) is 3. The first-order chi connectivity index (χ1) is 9.35. The van der Waals surface area contributed by atoms with Gasteiger partial charge in [0.15, 0.2) is 0 Å². The lowest BCUT2D eigenvalue weighted by Crippen LogP contribution is -2.34. The van der Waals surface area contributed by atoms with Crippen molar-refractivity contribution >= 4 is 0 Å². The molecule has 1 atom stereocenters. The van der Waals surface area contributed by atoms with E-state index in [0.717, 1.165) is 5.75 Å². The van der Waals surface area contributed by atoms with Crippen LogP contribution in [0.2, 0.25) is 0 Å². The average Bonchev–Trinajstić information content (AvgIpc) is 2.42. The third-order valence-corrected chi connectivity index (χ3v) is 4.28. The van der Waals surface area contributed by atoms with Crippen molar-refractivity contribution in [1.82, 2.24) is 5.43 Å². The van der Waals surface area contributed by atoms with Crippen molar-refractivity contribution in [2.75, 3.05) is 7.11 Å². The van der Waals surface area contributed by atoms with Gasteiger partial charge in [-0.25, -0.2) is 0 Å². The summed E-state index contributed by atoms with van der Waals surface area (Å²) in [5.74, 6) is 7.37. The van der Waals surface area contributed by atoms with Gasteiger partial charge in [-0.05, 0) is 36.5 Å². The smallest absolute Gasteiger partial charge is 0.118 e. The molecule has 3 nitrogen and oxygen atoms in total. The number of ether oxygens (including phenoxy) is 1. The van der Waals surface area contributed by atoms with Crippen molar-refractivity contribution in [3.63, 3.8) is 0 Å². The highest BCUT2D eigenvalue weighted by Gasteiger charge is 2.22. The number of nitrogens with one attached hydrogen (secondary N) is 1. The zero-order valence-corrected chi connectivity index (χ0v) is 11.9. The molecule has 1 aliphatic carbocycles. The van der Waals surface area contributed by atoms with Gasteiger partial charge in [-0.1, -0.05) is 44.2 Å². The molecule has 3 N–H and O–H groups in total. The maximum Gasteiger partial charge on any atom is 0.118 e. The highest BCUT2D eigenvalue weighted by molar-refractivity contribution is 5.29. The first-order valence-electron chi connectivity index (χ1n) is 7.45. The molecule has 0 bridgehead atoms. The Morgan fingerprint density at radius 1 is 1.05 bits per heavy atom. The van der Waals surface area contributed by atoms with Crippen LogP contribution in [0.1, 0.15) is 56.6 Å². The Balaban J connectivity index is 2.07. The van der Waals surface area contributed by atoms with Crippen LogP contribution >= 0.6 is 0 Å². The van der Waals surface area contributed by atoms with Crippen LogP contribution in [-0.4, -0.2) is 7.11 Å². The van der Waals surface area contributed by atoms with Crippen LogP contribution in [0.5, 0.6) is 5.75 Å². The summed E-state index contributed by atoms with van der Waals surface area (Å²) in [6.45, 7) is 0. The second-order valence-corrected chi connectivity index (χ2v) is 5.52. The molecule has 0 heterocycles. The quantitative estimate of drug-likeness (QED) is 0.644. The molecular weight excluding hydrogens is 236 g/mol. The Morgan fingerprint density at radius 3 is 2.16 bits per heavy atom. The molecule has 1 aromatic carbocycles. The standard InChI is InChI=1S/C16H26N2O/c1-19-15-11-9-14(10-12-15)16(18-17)13-7-5-3-2-4-6-8-13/h9-13,16,18H,2-8,17H2,1H3. The summed E-state index contributed by atoms with van der Waals surface area (Å²) < 4.78 is 5.21. The first kappa shape index (κ1) is 14.4. The van der Waals surface area contributed by atoms with E-state index in [1.807, 2.05) is 12.1 Å². The predicted octanol–water partition coefficient (Wildman–Crippen LogP) is 3.56. The van der Waals surface area contributed by atoms with Gasteiger partial charge in [0, 0.05) is 6.04 Å². The van der Waals surface area contributed by atoms with E-state index in [-0.39, 0.29) is 6.04 Å². The van der Waals surface area contributed by atoms with Gasteiger partial charge in [0.1, 0.15) is 5.75 Å². The number of nitrogens with two attached hydrogens (primary N) is 1. The van der Waals surface area contributed by atoms with E-state index in [4.69, 9.17) is 10.6 Å². The van der Waals surface area contributed by atoms with E-state index in [1.165, 1.54) is 50.5 Å². The Kier molecular flexibility index (Phi) is 5.67. The van der Waals surface area contributed by atoms with Crippen LogP contribution in [0.3, 0.4) is 0 Å². The minimum absolute atomic E-state index is 0.268. The SMILES string of the molecule is COc1ccc(C(NN)C2CCCCCCC2)cc1. The summed E-state index contributed by atoms with van der Waals surface area (Å²) in [5.41, 5.74) is 4.31. The highest BCUT2D eigenvalue weighted by atomic mass is 16.5. The summed E-state index contributed by atoms with van der Waals surface area (Å²) in [7, 11) is 1.70. The molecule has 1 aromatic rings. The molecule has 3 heteroatoms. The van der Waals surface area contributed by atoms with Crippen LogP contribution in [0.25, 0.3) is 0 Å². The summed E-state index contributed by atoms with van der Waals surface area (Å²) in [6, 6.07) is 8.55. The fourth-order valence-electron chi connectivity index (χ4n) is 3.14. The summed E-state index contributed by atoms with van der Waals surface area (Å²) in [4.78, 5) is 0. The fraction of sp³-hybridized carbons (Fsp3) is 0.625. The van der Waals surface area contributed by atoms with E-state index in [0.29, 0.717) is 5.92 Å². The number of methoxy groups -OCH3 is 1. The van der Waals surface area contributed by atoms with Gasteiger partial charge in [0.25, 0.3) is 0 Å². The minimum Gasteiger partial charge on any atom is -0.497 e. The monoisotopic (exact) mass is 262 g/mol. The van der Waals surface area contributed by atoms with E-state index in [9.17, 15) is 0 Å². The number of hydrazine groups is 1. The molecule has 1 aliphatic rings. The molecule has 19 heavy (non-hydrogen) atoms. The van der Waals surface area contributed by atoms with Crippen molar-refractivity contribution in [1.29, 1.82) is 0 Å². The normalized spacial score (nSPS) is 19.5. The maximum absolute atomic E-state index is 5.82. The molecule has 1 fully saturated rings. The zero-order valence-electron chi connectivity index (χ0n) is 11.9. The molecular formula is C16H26N2O. The van der Waals surface area contributed by atoms with Gasteiger partial charge >= 0.3 is 0 Å². The van der Waals surface area contributed by atoms with Crippen LogP contribution < -0.4 is 16.0 Å². The average molecular weight is 262 g/mol. The molecule has 0 spiro atoms. The Labute approximate surface area is 116 Å². The molecule has 1 unspecified atom stereocenters. The predicted molar refractivity (Wildman–Crippen MR) is 78.9 cm³/mol. The third-order valence-electron chi connectivity index (χ3n) is 4.28. The van der Waals surface area contributed by atoms with E-state index >= 15 is 0 Å². The van der Waals surface area contributed by atoms with E-state index in [1.54, 1.807) is 7.11 Å². The lowest BCUT2D eigenvalue weighted by atomic mass is 9.83. The molecule has 0 aliphatic heterocycles. The van der Waals surface area contributed by atoms with Gasteiger partial charge in [-0.2, -0.15) is 0 Å². The van der Waals surface area contributed by atoms with Crippen molar-refractivity contribution in [2.45, 2.75) is 51.0 Å². The number of hydrogen-bond donors (Lipinski definition) is 2. The number of benzene rings is 1. The van der Waals surface area contributed by atoms with Crippen LogP contribution in [0.4, 0.5) is 0 Å². The van der Waals surface area contributed by atoms with Crippen LogP contribution in [0.15, 0.2) is 24.3 Å². The summed E-state index contributed by atoms with van der Waals surface area (Å²) in [5, 5.41) is 0. The second-order valence-electron chi connectivity index (χ2n) is 5.52. The van der Waals surface area contributed by atoms with E-state index < -0.39 is 0 Å². The molecule has 0 amide bonds. The molecule has 0 radical (unpaired) electrons. The topological polar surface area (TPSA) is 47.3 Å². The van der Waals surface area contributed by atoms with Crippen molar-refractivity contribution < 1.29 is 4.74 Å². The number of rotatable bonds is 4. The van der Waals surface area contributed by atoms with Crippen molar-refractivity contribution in [3.05, 3.63) is 29.8 Å². The minimum atomic E-state index is 0.268. The Hall–Kier alpha value is -1.06. The Bertz CT molecular complexity index is 356. The molecule has 1 saturated carbocycles. The lowest BCUT2D eigenvalue weighted by molar-refractivity contribution is 0.290. The van der Waals surface area contributed by atoms with Gasteiger partial charge in [-0.15, -0.1) is 0 Å². The largest absolute Gasteiger partial charge is 0.497 e. The van der Waals surface area contributed by atoms with Crippen molar-refractivity contribution in [3.8, 4) is 5.75 Å². The molecule has 2 rings (SSSR count). The zero-order chi connectivity index (χ0) is 13.5. The summed E-state index contributed by atoms with van der Waals surface area (Å²) >= 11 is 0. The van der Waals surface area contributed by atoms with Gasteiger partial charge in [-0.3, -0.25) is 11.3 Å². The van der Waals surface area contributed by atoms with Gasteiger partial charge in [0.2, 0.25) is 0 Å². The second kappa shape index (κ2) is 7.51. The molecule has 0 saturated heterocycles. The van der Waals surface area contributed by atoms with Gasteiger partial charge < -0.3 is 4.74 Å². The Morgan fingerprint density at radius 2 is 1.63 bits per heavy atom. The van der Waals surface area contributed by atoms with Crippen LogP contribution in [-0.2, 0) is 0 Å². The van der Waals surface area contributed by atoms with Crippen molar-refractivity contribution in [2.24, 2.45) is 11.8 Å². The fourth-order valence-corrected chi connectivity index (χ4v) is 3.14. The maximum atomic E-state index is 5.82. The molecule has 0 aromatic heterocycles. The highest BCUT2D eigenvalue weighted by Crippen LogP contribution is 2.33. The summed E-state index contributed by atoms with van der Waals surface area (Å²) in [6.07, 6.45) is 9.36. The van der Waals surface area contributed by atoms with E-state index in [2.05, 4.69) is 17.6 Å². The first-order valence-corrected chi connectivity index (χ1v) is 7.45. The third kappa shape index (κ3) is 3.95.